The highest BCUT2D eigenvalue weighted by molar-refractivity contribution is 9.10. The van der Waals surface area contributed by atoms with Gasteiger partial charge in [0.1, 0.15) is 5.41 Å². The molecule has 0 radical (unpaired) electrons. The number of anilines is 1. The predicted molar refractivity (Wildman–Crippen MR) is 73.4 cm³/mol. The molecular formula is C12H12BrN3O3. The summed E-state index contributed by atoms with van der Waals surface area (Å²) in [5.41, 5.74) is -1.02. The zero-order valence-corrected chi connectivity index (χ0v) is 12.0. The van der Waals surface area contributed by atoms with Crippen molar-refractivity contribution in [1.82, 2.24) is 0 Å². The number of carbonyl (C=O) groups excluding carboxylic acids is 1. The Morgan fingerprint density at radius 1 is 1.63 bits per heavy atom. The molecule has 7 heteroatoms. The zero-order chi connectivity index (χ0) is 14.6. The van der Waals surface area contributed by atoms with Crippen LogP contribution in [-0.4, -0.2) is 10.8 Å². The summed E-state index contributed by atoms with van der Waals surface area (Å²) >= 11 is 3.20. The summed E-state index contributed by atoms with van der Waals surface area (Å²) in [6.07, 6.45) is 0.349. The van der Waals surface area contributed by atoms with Gasteiger partial charge in [-0.3, -0.25) is 14.9 Å². The lowest BCUT2D eigenvalue weighted by Crippen LogP contribution is -2.31. The third-order valence-corrected chi connectivity index (χ3v) is 3.56. The topological polar surface area (TPSA) is 96.0 Å². The Morgan fingerprint density at radius 3 is 2.74 bits per heavy atom. The SMILES string of the molecule is CCC(C)(C#N)C(=O)Nc1cc([N+](=O)[O-])ccc1Br. The minimum Gasteiger partial charge on any atom is -0.323 e. The number of nitro benzene ring substituents is 1. The lowest BCUT2D eigenvalue weighted by molar-refractivity contribution is -0.384. The highest BCUT2D eigenvalue weighted by Crippen LogP contribution is 2.29. The first-order valence-corrected chi connectivity index (χ1v) is 6.30. The fraction of sp³-hybridized carbons (Fsp3) is 0.333. The Kier molecular flexibility index (Phi) is 4.62. The molecule has 1 rings (SSSR count). The Labute approximate surface area is 118 Å². The van der Waals surface area contributed by atoms with Crippen LogP contribution >= 0.6 is 15.9 Å². The minimum atomic E-state index is -1.16. The van der Waals surface area contributed by atoms with Gasteiger partial charge in [-0.1, -0.05) is 6.92 Å². The molecule has 0 aromatic heterocycles. The Bertz CT molecular complexity index is 568. The van der Waals surface area contributed by atoms with Crippen LogP contribution in [0.3, 0.4) is 0 Å². The van der Waals surface area contributed by atoms with E-state index in [1.807, 2.05) is 6.07 Å². The van der Waals surface area contributed by atoms with Gasteiger partial charge in [-0.25, -0.2) is 0 Å². The summed E-state index contributed by atoms with van der Waals surface area (Å²) in [5, 5.41) is 22.2. The average molecular weight is 326 g/mol. The number of hydrogen-bond donors (Lipinski definition) is 1. The number of rotatable bonds is 4. The fourth-order valence-electron chi connectivity index (χ4n) is 1.27. The zero-order valence-electron chi connectivity index (χ0n) is 10.4. The maximum atomic E-state index is 12.0. The molecule has 1 aromatic rings. The van der Waals surface area contributed by atoms with Gasteiger partial charge in [0.2, 0.25) is 5.91 Å². The molecule has 0 bridgehead atoms. The third kappa shape index (κ3) is 3.29. The maximum Gasteiger partial charge on any atom is 0.271 e. The van der Waals surface area contributed by atoms with Gasteiger partial charge in [0.05, 0.1) is 16.7 Å². The van der Waals surface area contributed by atoms with E-state index in [9.17, 15) is 14.9 Å². The van der Waals surface area contributed by atoms with Gasteiger partial charge < -0.3 is 5.32 Å². The van der Waals surface area contributed by atoms with Crippen LogP contribution in [0.25, 0.3) is 0 Å². The second-order valence-electron chi connectivity index (χ2n) is 4.17. The maximum absolute atomic E-state index is 12.0. The van der Waals surface area contributed by atoms with E-state index in [0.717, 1.165) is 0 Å². The molecule has 0 aliphatic rings. The van der Waals surface area contributed by atoms with Crippen molar-refractivity contribution in [2.45, 2.75) is 20.3 Å². The van der Waals surface area contributed by atoms with Crippen molar-refractivity contribution in [3.8, 4) is 6.07 Å². The molecule has 0 saturated heterocycles. The first-order chi connectivity index (χ1) is 8.84. The molecule has 1 N–H and O–H groups in total. The van der Waals surface area contributed by atoms with E-state index in [2.05, 4.69) is 21.2 Å². The van der Waals surface area contributed by atoms with E-state index < -0.39 is 16.2 Å². The van der Waals surface area contributed by atoms with Crippen LogP contribution in [0.5, 0.6) is 0 Å². The number of nitro groups is 1. The number of nitriles is 1. The summed E-state index contributed by atoms with van der Waals surface area (Å²) in [7, 11) is 0. The highest BCUT2D eigenvalue weighted by Gasteiger charge is 2.31. The molecule has 1 unspecified atom stereocenters. The van der Waals surface area contributed by atoms with Gasteiger partial charge >= 0.3 is 0 Å². The molecule has 0 spiro atoms. The van der Waals surface area contributed by atoms with Gasteiger partial charge in [0, 0.05) is 16.6 Å². The Hall–Kier alpha value is -1.94. The van der Waals surface area contributed by atoms with Gasteiger partial charge in [0.25, 0.3) is 5.69 Å². The van der Waals surface area contributed by atoms with Crippen LogP contribution in [-0.2, 0) is 4.79 Å². The lowest BCUT2D eigenvalue weighted by Gasteiger charge is -2.18. The van der Waals surface area contributed by atoms with Crippen molar-refractivity contribution in [2.75, 3.05) is 5.32 Å². The van der Waals surface area contributed by atoms with Gasteiger partial charge in [-0.2, -0.15) is 5.26 Å². The quantitative estimate of drug-likeness (QED) is 0.678. The molecule has 19 heavy (non-hydrogen) atoms. The average Bonchev–Trinajstić information content (AvgIpc) is 2.39. The van der Waals surface area contributed by atoms with Crippen molar-refractivity contribution in [1.29, 1.82) is 5.26 Å². The standard InChI is InChI=1S/C12H12BrN3O3/c1-3-12(2,7-14)11(17)15-10-6-8(16(18)19)4-5-9(10)13/h4-6H,3H2,1-2H3,(H,15,17). The molecule has 1 atom stereocenters. The highest BCUT2D eigenvalue weighted by atomic mass is 79.9. The lowest BCUT2D eigenvalue weighted by atomic mass is 9.88. The predicted octanol–water partition coefficient (Wildman–Crippen LogP) is 3.24. The van der Waals surface area contributed by atoms with Crippen molar-refractivity contribution >= 4 is 33.2 Å². The largest absolute Gasteiger partial charge is 0.323 e. The number of carbonyl (C=O) groups is 1. The van der Waals surface area contributed by atoms with E-state index in [1.54, 1.807) is 6.92 Å². The second-order valence-corrected chi connectivity index (χ2v) is 5.03. The monoisotopic (exact) mass is 325 g/mol. The summed E-state index contributed by atoms with van der Waals surface area (Å²) in [5.74, 6) is -0.487. The van der Waals surface area contributed by atoms with E-state index in [1.165, 1.54) is 25.1 Å². The van der Waals surface area contributed by atoms with Gasteiger partial charge in [-0.05, 0) is 35.3 Å². The molecule has 0 heterocycles. The number of halogens is 1. The molecule has 100 valence electrons. The first-order valence-electron chi connectivity index (χ1n) is 5.50. The summed E-state index contributed by atoms with van der Waals surface area (Å²) in [6.45, 7) is 3.25. The van der Waals surface area contributed by atoms with Crippen LogP contribution in [0.1, 0.15) is 20.3 Å². The Morgan fingerprint density at radius 2 is 2.26 bits per heavy atom. The van der Waals surface area contributed by atoms with Crippen LogP contribution in [0.4, 0.5) is 11.4 Å². The van der Waals surface area contributed by atoms with E-state index in [-0.39, 0.29) is 11.4 Å². The van der Waals surface area contributed by atoms with E-state index >= 15 is 0 Å². The molecule has 0 aliphatic heterocycles. The van der Waals surface area contributed by atoms with Crippen molar-refractivity contribution < 1.29 is 9.72 Å². The molecular weight excluding hydrogens is 314 g/mol. The summed E-state index contributed by atoms with van der Waals surface area (Å²) in [6, 6.07) is 5.99. The number of nitrogens with zero attached hydrogens (tertiary/aromatic N) is 2. The molecule has 0 saturated carbocycles. The van der Waals surface area contributed by atoms with Gasteiger partial charge in [0.15, 0.2) is 0 Å². The number of benzene rings is 1. The Balaban J connectivity index is 3.07. The van der Waals surface area contributed by atoms with Crippen molar-refractivity contribution in [3.05, 3.63) is 32.8 Å². The summed E-state index contributed by atoms with van der Waals surface area (Å²) < 4.78 is 0.517. The van der Waals surface area contributed by atoms with E-state index in [4.69, 9.17) is 5.26 Å². The van der Waals surface area contributed by atoms with Crippen molar-refractivity contribution in [2.24, 2.45) is 5.41 Å². The van der Waals surface area contributed by atoms with Crippen LogP contribution in [0, 0.1) is 26.9 Å². The molecule has 6 nitrogen and oxygen atoms in total. The molecule has 1 amide bonds. The van der Waals surface area contributed by atoms with Crippen molar-refractivity contribution in [3.63, 3.8) is 0 Å². The number of non-ortho nitro benzene ring substituents is 1. The summed E-state index contributed by atoms with van der Waals surface area (Å²) in [4.78, 5) is 22.1. The normalized spacial score (nSPS) is 13.2. The molecule has 1 aromatic carbocycles. The minimum absolute atomic E-state index is 0.131. The number of hydrogen-bond acceptors (Lipinski definition) is 4. The fourth-order valence-corrected chi connectivity index (χ4v) is 1.62. The molecule has 0 aliphatic carbocycles. The van der Waals surface area contributed by atoms with Gasteiger partial charge in [-0.15, -0.1) is 0 Å². The third-order valence-electron chi connectivity index (χ3n) is 2.86. The van der Waals surface area contributed by atoms with E-state index in [0.29, 0.717) is 10.9 Å². The smallest absolute Gasteiger partial charge is 0.271 e. The number of nitrogens with one attached hydrogen (secondary N) is 1. The van der Waals surface area contributed by atoms with Crippen LogP contribution in [0.2, 0.25) is 0 Å². The second kappa shape index (κ2) is 5.80. The molecule has 0 fully saturated rings. The number of amides is 1. The van der Waals surface area contributed by atoms with Crippen LogP contribution in [0.15, 0.2) is 22.7 Å². The first kappa shape index (κ1) is 15.1. The van der Waals surface area contributed by atoms with Crippen LogP contribution < -0.4 is 5.32 Å².